The molecule has 4 N–H and O–H groups in total. The van der Waals surface area contributed by atoms with E-state index < -0.39 is 0 Å². The molecule has 7 nitrogen and oxygen atoms in total. The Balaban J connectivity index is 1.50. The second-order valence-electron chi connectivity index (χ2n) is 9.21. The Morgan fingerprint density at radius 1 is 0.844 bits per heavy atom. The molecule has 3 aromatic rings. The molecule has 0 radical (unpaired) electrons. The minimum absolute atomic E-state index is 0.104. The van der Waals surface area contributed by atoms with Crippen molar-refractivity contribution in [3.05, 3.63) is 78.1 Å². The van der Waals surface area contributed by atoms with Crippen LogP contribution in [0.3, 0.4) is 0 Å². The molecule has 0 aliphatic carbocycles. The lowest BCUT2D eigenvalue weighted by Crippen LogP contribution is -2.48. The van der Waals surface area contributed by atoms with E-state index in [2.05, 4.69) is 112 Å². The van der Waals surface area contributed by atoms with Gasteiger partial charge in [-0.1, -0.05) is 60.7 Å². The zero-order valence-electron chi connectivity index (χ0n) is 19.1. The number of hydrogen-bond acceptors (Lipinski definition) is 7. The van der Waals surface area contributed by atoms with Crippen molar-refractivity contribution in [2.45, 2.75) is 32.4 Å². The van der Waals surface area contributed by atoms with Gasteiger partial charge in [0.15, 0.2) is 11.6 Å². The lowest BCUT2D eigenvalue weighted by Gasteiger charge is -2.40. The first-order valence-corrected chi connectivity index (χ1v) is 11.1. The van der Waals surface area contributed by atoms with Crippen LogP contribution in [-0.2, 0) is 0 Å². The SMILES string of the molecule is CC(C)(C)NNc1ncnc(N2CCN(C(c3ccccc3)c3ccccc3)CC2)c1N. The number of hydrogen-bond donors (Lipinski definition) is 3. The molecule has 1 fully saturated rings. The third kappa shape index (κ3) is 5.18. The van der Waals surface area contributed by atoms with E-state index in [1.165, 1.54) is 11.1 Å². The molecule has 1 aliphatic rings. The Bertz CT molecular complexity index is 954. The Morgan fingerprint density at radius 3 is 1.94 bits per heavy atom. The van der Waals surface area contributed by atoms with Crippen LogP contribution in [0.25, 0.3) is 0 Å². The van der Waals surface area contributed by atoms with Crippen molar-refractivity contribution in [2.24, 2.45) is 0 Å². The number of rotatable bonds is 6. The van der Waals surface area contributed by atoms with Gasteiger partial charge >= 0.3 is 0 Å². The van der Waals surface area contributed by atoms with Crippen molar-refractivity contribution in [3.8, 4) is 0 Å². The second kappa shape index (κ2) is 9.54. The predicted molar refractivity (Wildman–Crippen MR) is 131 cm³/mol. The van der Waals surface area contributed by atoms with Crippen molar-refractivity contribution in [1.29, 1.82) is 0 Å². The fraction of sp³-hybridized carbons (Fsp3) is 0.360. The molecular weight excluding hydrogens is 398 g/mol. The van der Waals surface area contributed by atoms with E-state index in [4.69, 9.17) is 5.73 Å². The van der Waals surface area contributed by atoms with Crippen LogP contribution in [0.1, 0.15) is 37.9 Å². The van der Waals surface area contributed by atoms with Crippen LogP contribution >= 0.6 is 0 Å². The van der Waals surface area contributed by atoms with Crippen LogP contribution < -0.4 is 21.5 Å². The molecule has 4 rings (SSSR count). The van der Waals surface area contributed by atoms with Gasteiger partial charge < -0.3 is 16.1 Å². The largest absolute Gasteiger partial charge is 0.393 e. The van der Waals surface area contributed by atoms with E-state index in [-0.39, 0.29) is 11.6 Å². The maximum Gasteiger partial charge on any atom is 0.169 e. The van der Waals surface area contributed by atoms with Crippen LogP contribution in [0, 0.1) is 0 Å². The molecule has 32 heavy (non-hydrogen) atoms. The van der Waals surface area contributed by atoms with Gasteiger partial charge in [-0.25, -0.2) is 15.4 Å². The predicted octanol–water partition coefficient (Wildman–Crippen LogP) is 3.69. The van der Waals surface area contributed by atoms with Crippen LogP contribution in [0.5, 0.6) is 0 Å². The summed E-state index contributed by atoms with van der Waals surface area (Å²) in [6.45, 7) is 9.77. The average molecular weight is 432 g/mol. The number of nitrogens with two attached hydrogens (primary N) is 1. The van der Waals surface area contributed by atoms with Crippen LogP contribution in [0.2, 0.25) is 0 Å². The van der Waals surface area contributed by atoms with E-state index in [0.717, 1.165) is 32.0 Å². The molecule has 1 aromatic heterocycles. The zero-order valence-corrected chi connectivity index (χ0v) is 19.1. The summed E-state index contributed by atoms with van der Waals surface area (Å²) in [5.74, 6) is 1.40. The summed E-state index contributed by atoms with van der Waals surface area (Å²) in [4.78, 5) is 13.6. The fourth-order valence-corrected chi connectivity index (χ4v) is 4.06. The molecule has 0 unspecified atom stereocenters. The summed E-state index contributed by atoms with van der Waals surface area (Å²) in [6, 6.07) is 21.7. The fourth-order valence-electron chi connectivity index (χ4n) is 4.06. The Kier molecular flexibility index (Phi) is 6.58. The summed E-state index contributed by atoms with van der Waals surface area (Å²) >= 11 is 0. The van der Waals surface area contributed by atoms with Gasteiger partial charge in [-0.2, -0.15) is 0 Å². The van der Waals surface area contributed by atoms with E-state index in [0.29, 0.717) is 11.5 Å². The first-order valence-electron chi connectivity index (χ1n) is 11.1. The molecule has 2 aromatic carbocycles. The molecule has 2 heterocycles. The third-order valence-corrected chi connectivity index (χ3v) is 5.63. The molecule has 7 heteroatoms. The smallest absolute Gasteiger partial charge is 0.169 e. The summed E-state index contributed by atoms with van der Waals surface area (Å²) in [6.07, 6.45) is 1.57. The van der Waals surface area contributed by atoms with Crippen molar-refractivity contribution in [3.63, 3.8) is 0 Å². The summed E-state index contributed by atoms with van der Waals surface area (Å²) in [7, 11) is 0. The molecule has 168 valence electrons. The summed E-state index contributed by atoms with van der Waals surface area (Å²) in [5, 5.41) is 0. The minimum atomic E-state index is -0.104. The molecule has 0 amide bonds. The first kappa shape index (κ1) is 22.0. The van der Waals surface area contributed by atoms with Crippen LogP contribution in [0.4, 0.5) is 17.3 Å². The number of nitrogens with zero attached hydrogens (tertiary/aromatic N) is 4. The Morgan fingerprint density at radius 2 is 1.41 bits per heavy atom. The summed E-state index contributed by atoms with van der Waals surface area (Å²) < 4.78 is 0. The van der Waals surface area contributed by atoms with Gasteiger partial charge in [0.1, 0.15) is 12.0 Å². The number of nitrogens with one attached hydrogen (secondary N) is 2. The monoisotopic (exact) mass is 431 g/mol. The number of hydrazine groups is 1. The number of anilines is 3. The minimum Gasteiger partial charge on any atom is -0.393 e. The highest BCUT2D eigenvalue weighted by Crippen LogP contribution is 2.32. The van der Waals surface area contributed by atoms with Crippen molar-refractivity contribution >= 4 is 17.3 Å². The van der Waals surface area contributed by atoms with E-state index in [1.807, 2.05) is 0 Å². The quantitative estimate of drug-likeness (QED) is 0.514. The van der Waals surface area contributed by atoms with Gasteiger partial charge in [0.05, 0.1) is 6.04 Å². The number of benzene rings is 2. The molecule has 0 bridgehead atoms. The topological polar surface area (TPSA) is 82.3 Å². The first-order chi connectivity index (χ1) is 15.4. The lowest BCUT2D eigenvalue weighted by atomic mass is 9.96. The van der Waals surface area contributed by atoms with Gasteiger partial charge in [0.25, 0.3) is 0 Å². The molecule has 0 spiro atoms. The Labute approximate surface area is 190 Å². The highest BCUT2D eigenvalue weighted by atomic mass is 15.4. The normalized spacial score (nSPS) is 15.2. The number of piperazine rings is 1. The van der Waals surface area contributed by atoms with Gasteiger partial charge in [-0.3, -0.25) is 4.90 Å². The number of aromatic nitrogens is 2. The van der Waals surface area contributed by atoms with E-state index in [9.17, 15) is 0 Å². The Hall–Kier alpha value is -3.16. The molecule has 1 saturated heterocycles. The highest BCUT2D eigenvalue weighted by molar-refractivity contribution is 5.74. The molecule has 0 saturated carbocycles. The van der Waals surface area contributed by atoms with Gasteiger partial charge in [-0.05, 0) is 31.9 Å². The summed E-state index contributed by atoms with van der Waals surface area (Å²) in [5.41, 5.74) is 15.9. The molecule has 0 atom stereocenters. The maximum atomic E-state index is 6.44. The molecule has 1 aliphatic heterocycles. The second-order valence-corrected chi connectivity index (χ2v) is 9.21. The highest BCUT2D eigenvalue weighted by Gasteiger charge is 2.28. The van der Waals surface area contributed by atoms with Crippen molar-refractivity contribution in [1.82, 2.24) is 20.3 Å². The number of nitrogen functional groups attached to an aromatic ring is 1. The van der Waals surface area contributed by atoms with Gasteiger partial charge in [-0.15, -0.1) is 0 Å². The standard InChI is InChI=1S/C25H33N7/c1-25(2,3)30-29-23-21(26)24(28-18-27-23)32-16-14-31(15-17-32)22(19-10-6-4-7-11-19)20-12-8-5-9-13-20/h4-13,18,22,30H,14-17,26H2,1-3H3,(H,27,28,29). The van der Waals surface area contributed by atoms with Crippen molar-refractivity contribution < 1.29 is 0 Å². The third-order valence-electron chi connectivity index (χ3n) is 5.63. The molecular formula is C25H33N7. The van der Waals surface area contributed by atoms with E-state index in [1.54, 1.807) is 6.33 Å². The van der Waals surface area contributed by atoms with Crippen LogP contribution in [-0.4, -0.2) is 46.6 Å². The van der Waals surface area contributed by atoms with Gasteiger partial charge in [0, 0.05) is 31.7 Å². The van der Waals surface area contributed by atoms with Crippen LogP contribution in [0.15, 0.2) is 67.0 Å². The average Bonchev–Trinajstić information content (AvgIpc) is 2.80. The van der Waals surface area contributed by atoms with Crippen molar-refractivity contribution in [2.75, 3.05) is 42.2 Å². The van der Waals surface area contributed by atoms with Gasteiger partial charge in [0.2, 0.25) is 0 Å². The van der Waals surface area contributed by atoms with E-state index >= 15 is 0 Å². The lowest BCUT2D eigenvalue weighted by molar-refractivity contribution is 0.212. The zero-order chi connectivity index (χ0) is 22.6. The maximum absolute atomic E-state index is 6.44.